The predicted molar refractivity (Wildman–Crippen MR) is 74.0 cm³/mol. The van der Waals surface area contributed by atoms with Crippen LogP contribution in [0.25, 0.3) is 0 Å². The minimum absolute atomic E-state index is 0. The van der Waals surface area contributed by atoms with Gasteiger partial charge in [0.05, 0.1) is 4.83 Å². The van der Waals surface area contributed by atoms with Gasteiger partial charge in [-0.15, -0.1) is 17.0 Å². The van der Waals surface area contributed by atoms with Gasteiger partial charge >= 0.3 is 0 Å². The van der Waals surface area contributed by atoms with Gasteiger partial charge in [-0.25, -0.2) is 0 Å². The molecule has 2 aromatic carbocycles. The minimum Gasteiger partial charge on any atom is -0.114 e. The van der Waals surface area contributed by atoms with Crippen molar-refractivity contribution in [2.45, 2.75) is 4.83 Å². The monoisotopic (exact) mass is 326 g/mol. The molecule has 2 heteroatoms. The van der Waals surface area contributed by atoms with Crippen LogP contribution in [-0.4, -0.2) is 0 Å². The highest BCUT2D eigenvalue weighted by Crippen LogP contribution is 2.29. The Morgan fingerprint density at radius 2 is 1.00 bits per heavy atom. The lowest BCUT2D eigenvalue weighted by Gasteiger charge is -2.09. The highest BCUT2D eigenvalue weighted by Gasteiger charge is 2.07. The normalized spacial score (nSPS) is 9.73. The summed E-state index contributed by atoms with van der Waals surface area (Å²) in [5.74, 6) is 0. The second-order valence-corrected chi connectivity index (χ2v) is 4.10. The van der Waals surface area contributed by atoms with E-state index in [1.54, 1.807) is 0 Å². The van der Waals surface area contributed by atoms with E-state index in [9.17, 15) is 0 Å². The van der Waals surface area contributed by atoms with E-state index in [1.165, 1.54) is 11.1 Å². The zero-order valence-corrected chi connectivity index (χ0v) is 11.4. The summed E-state index contributed by atoms with van der Waals surface area (Å²) in [6.45, 7) is 0. The lowest BCUT2D eigenvalue weighted by molar-refractivity contribution is 1.18. The van der Waals surface area contributed by atoms with Crippen LogP contribution in [0.3, 0.4) is 0 Å². The zero-order valence-electron chi connectivity index (χ0n) is 8.14. The number of hydrogen-bond donors (Lipinski definition) is 0. The van der Waals surface area contributed by atoms with Crippen molar-refractivity contribution in [1.82, 2.24) is 0 Å². The zero-order chi connectivity index (χ0) is 9.80. The quantitative estimate of drug-likeness (QED) is 0.698. The average molecular weight is 328 g/mol. The summed E-state index contributed by atoms with van der Waals surface area (Å²) < 4.78 is 0. The van der Waals surface area contributed by atoms with Crippen molar-refractivity contribution in [1.29, 1.82) is 0 Å². The van der Waals surface area contributed by atoms with Gasteiger partial charge in [-0.05, 0) is 11.1 Å². The van der Waals surface area contributed by atoms with Crippen LogP contribution in [0.4, 0.5) is 0 Å². The Labute approximate surface area is 109 Å². The van der Waals surface area contributed by atoms with E-state index < -0.39 is 0 Å². The first-order valence-electron chi connectivity index (χ1n) is 4.62. The molecule has 15 heavy (non-hydrogen) atoms. The highest BCUT2D eigenvalue weighted by molar-refractivity contribution is 9.09. The second-order valence-electron chi connectivity index (χ2n) is 3.18. The van der Waals surface area contributed by atoms with E-state index in [0.29, 0.717) is 4.83 Å². The van der Waals surface area contributed by atoms with E-state index in [1.807, 2.05) is 12.1 Å². The number of alkyl halides is 1. The van der Waals surface area contributed by atoms with E-state index in [2.05, 4.69) is 64.5 Å². The molecular formula is C13H12Br2. The minimum atomic E-state index is 0. The molecule has 0 aromatic heterocycles. The Balaban J connectivity index is 0.00000112. The van der Waals surface area contributed by atoms with E-state index in [4.69, 9.17) is 0 Å². The standard InChI is InChI=1S/C13H11Br.BrH/c14-13(11-7-3-1-4-8-11)12-9-5-2-6-10-12;/h1-10,13H;1H. The highest BCUT2D eigenvalue weighted by atomic mass is 79.9. The molecule has 0 saturated carbocycles. The summed E-state index contributed by atoms with van der Waals surface area (Å²) in [7, 11) is 0. The van der Waals surface area contributed by atoms with Crippen LogP contribution in [-0.2, 0) is 0 Å². The summed E-state index contributed by atoms with van der Waals surface area (Å²) in [5.41, 5.74) is 2.58. The van der Waals surface area contributed by atoms with Gasteiger partial charge in [-0.1, -0.05) is 76.6 Å². The van der Waals surface area contributed by atoms with E-state index in [0.717, 1.165) is 0 Å². The Kier molecular flexibility index (Phi) is 5.06. The van der Waals surface area contributed by atoms with Gasteiger partial charge in [0.1, 0.15) is 0 Å². The van der Waals surface area contributed by atoms with E-state index in [-0.39, 0.29) is 17.0 Å². The van der Waals surface area contributed by atoms with Crippen molar-refractivity contribution < 1.29 is 0 Å². The fourth-order valence-electron chi connectivity index (χ4n) is 1.44. The molecule has 0 heterocycles. The first-order valence-corrected chi connectivity index (χ1v) is 5.53. The molecule has 0 fully saturated rings. The second kappa shape index (κ2) is 6.09. The van der Waals surface area contributed by atoms with Crippen molar-refractivity contribution >= 4 is 32.9 Å². The van der Waals surface area contributed by atoms with Gasteiger partial charge in [0.15, 0.2) is 0 Å². The number of rotatable bonds is 2. The Morgan fingerprint density at radius 1 is 0.667 bits per heavy atom. The first kappa shape index (κ1) is 12.5. The molecule has 0 spiro atoms. The van der Waals surface area contributed by atoms with Gasteiger partial charge in [0, 0.05) is 0 Å². The van der Waals surface area contributed by atoms with Crippen LogP contribution in [0.1, 0.15) is 16.0 Å². The fraction of sp³-hybridized carbons (Fsp3) is 0.0769. The van der Waals surface area contributed by atoms with Crippen molar-refractivity contribution in [2.75, 3.05) is 0 Å². The Morgan fingerprint density at radius 3 is 1.33 bits per heavy atom. The molecule has 0 amide bonds. The number of hydrogen-bond acceptors (Lipinski definition) is 0. The van der Waals surface area contributed by atoms with Crippen molar-refractivity contribution in [3.8, 4) is 0 Å². The molecule has 2 aromatic rings. The van der Waals surface area contributed by atoms with Crippen molar-refractivity contribution in [3.05, 3.63) is 71.8 Å². The van der Waals surface area contributed by atoms with Crippen LogP contribution in [0.2, 0.25) is 0 Å². The molecular weight excluding hydrogens is 316 g/mol. The molecule has 0 atom stereocenters. The van der Waals surface area contributed by atoms with Gasteiger partial charge in [-0.2, -0.15) is 0 Å². The van der Waals surface area contributed by atoms with Gasteiger partial charge in [0.25, 0.3) is 0 Å². The molecule has 0 unspecified atom stereocenters. The van der Waals surface area contributed by atoms with Crippen molar-refractivity contribution in [2.24, 2.45) is 0 Å². The molecule has 0 saturated heterocycles. The number of halogens is 2. The van der Waals surface area contributed by atoms with Crippen LogP contribution in [0, 0.1) is 0 Å². The fourth-order valence-corrected chi connectivity index (χ4v) is 2.05. The summed E-state index contributed by atoms with van der Waals surface area (Å²) in [6, 6.07) is 20.8. The topological polar surface area (TPSA) is 0 Å². The number of benzene rings is 2. The molecule has 0 bridgehead atoms. The summed E-state index contributed by atoms with van der Waals surface area (Å²) in [5, 5.41) is 0. The molecule has 0 aliphatic rings. The molecule has 0 nitrogen and oxygen atoms in total. The maximum atomic E-state index is 3.69. The average Bonchev–Trinajstić information content (AvgIpc) is 2.30. The summed E-state index contributed by atoms with van der Waals surface area (Å²) in [6.07, 6.45) is 0. The van der Waals surface area contributed by atoms with Crippen LogP contribution in [0.15, 0.2) is 60.7 Å². The van der Waals surface area contributed by atoms with Crippen LogP contribution in [0.5, 0.6) is 0 Å². The SMILES string of the molecule is Br.BrC(c1ccccc1)c1ccccc1. The molecule has 2 rings (SSSR count). The Hall–Kier alpha value is -0.600. The third kappa shape index (κ3) is 3.18. The molecule has 78 valence electrons. The maximum absolute atomic E-state index is 3.69. The van der Waals surface area contributed by atoms with Gasteiger partial charge < -0.3 is 0 Å². The largest absolute Gasteiger partial charge is 0.114 e. The van der Waals surface area contributed by atoms with Gasteiger partial charge in [-0.3, -0.25) is 0 Å². The molecule has 0 aliphatic carbocycles. The smallest absolute Gasteiger partial charge is 0.0644 e. The molecule has 0 aliphatic heterocycles. The van der Waals surface area contributed by atoms with Crippen molar-refractivity contribution in [3.63, 3.8) is 0 Å². The van der Waals surface area contributed by atoms with Crippen LogP contribution < -0.4 is 0 Å². The van der Waals surface area contributed by atoms with E-state index >= 15 is 0 Å². The first-order chi connectivity index (χ1) is 6.88. The summed E-state index contributed by atoms with van der Waals surface area (Å²) in [4.78, 5) is 0.296. The van der Waals surface area contributed by atoms with Gasteiger partial charge in [0.2, 0.25) is 0 Å². The third-order valence-electron chi connectivity index (χ3n) is 2.18. The lowest BCUT2D eigenvalue weighted by Crippen LogP contribution is -1.90. The summed E-state index contributed by atoms with van der Waals surface area (Å²) >= 11 is 3.69. The molecule has 0 N–H and O–H groups in total. The lowest BCUT2D eigenvalue weighted by atomic mass is 10.1. The maximum Gasteiger partial charge on any atom is 0.0644 e. The predicted octanol–water partition coefficient (Wildman–Crippen LogP) is 4.75. The van der Waals surface area contributed by atoms with Crippen LogP contribution >= 0.6 is 32.9 Å². The Bertz CT molecular complexity index is 344. The third-order valence-corrected chi connectivity index (χ3v) is 3.24. The molecule has 0 radical (unpaired) electrons.